The topological polar surface area (TPSA) is 52.6 Å². The molecule has 0 spiro atoms. The maximum Gasteiger partial charge on any atom is 0.417 e. The van der Waals surface area contributed by atoms with Crippen molar-refractivity contribution in [2.75, 3.05) is 37.6 Å². The van der Waals surface area contributed by atoms with Crippen LogP contribution in [0.5, 0.6) is 0 Å². The number of fused-ring (bicyclic) bond motifs is 2. The van der Waals surface area contributed by atoms with Crippen molar-refractivity contribution >= 4 is 29.0 Å². The molecule has 2 saturated heterocycles. The Morgan fingerprint density at radius 2 is 1.91 bits per heavy atom. The summed E-state index contributed by atoms with van der Waals surface area (Å²) in [6, 6.07) is 4.14. The Morgan fingerprint density at radius 3 is 2.53 bits per heavy atom. The number of amides is 1. The zero-order chi connectivity index (χ0) is 24.0. The van der Waals surface area contributed by atoms with Gasteiger partial charge in [0.25, 0.3) is 0 Å². The Morgan fingerprint density at radius 1 is 1.15 bits per heavy atom. The van der Waals surface area contributed by atoms with E-state index in [2.05, 4.69) is 9.97 Å². The standard InChI is InChI=1S/C23H22ClF4N5O/c24-20-2-1-15(7-19(20)23(26,27)28)14-3-5-31(6-4-14)13-21(34)32-11-18-8-17(32)12-33(18)22-29-9-16(25)10-30-22/h1-3,7,9-10,17-18H,4-6,8,11-13H2. The molecule has 0 radical (unpaired) electrons. The lowest BCUT2D eigenvalue weighted by atomic mass is 9.97. The molecule has 4 heterocycles. The fourth-order valence-electron chi connectivity index (χ4n) is 5.01. The third-order valence-corrected chi connectivity index (χ3v) is 7.05. The van der Waals surface area contributed by atoms with Crippen LogP contribution in [0.3, 0.4) is 0 Å². The smallest absolute Gasteiger partial charge is 0.335 e. The van der Waals surface area contributed by atoms with Crippen LogP contribution in [-0.4, -0.2) is 70.5 Å². The van der Waals surface area contributed by atoms with Crippen molar-refractivity contribution in [1.29, 1.82) is 0 Å². The average molecular weight is 496 g/mol. The third kappa shape index (κ3) is 4.48. The van der Waals surface area contributed by atoms with Crippen molar-refractivity contribution in [3.63, 3.8) is 0 Å². The number of piperazine rings is 1. The predicted octanol–water partition coefficient (Wildman–Crippen LogP) is 3.87. The number of carbonyl (C=O) groups excluding carboxylic acids is 1. The number of likely N-dealkylation sites (tertiary alicyclic amines) is 1. The number of alkyl halides is 3. The first-order chi connectivity index (χ1) is 16.2. The van der Waals surface area contributed by atoms with Gasteiger partial charge in [-0.15, -0.1) is 0 Å². The Kier molecular flexibility index (Phi) is 5.97. The van der Waals surface area contributed by atoms with Crippen molar-refractivity contribution < 1.29 is 22.4 Å². The average Bonchev–Trinajstić information content (AvgIpc) is 3.41. The molecule has 3 aliphatic rings. The molecule has 5 rings (SSSR count). The molecule has 2 aromatic rings. The summed E-state index contributed by atoms with van der Waals surface area (Å²) in [6.07, 6.45) is 1.04. The SMILES string of the molecule is O=C(CN1CC=C(c2ccc(Cl)c(C(F)(F)F)c2)CC1)N1CC2CC1CN2c1ncc(F)cn1. The van der Waals surface area contributed by atoms with Crippen molar-refractivity contribution in [2.24, 2.45) is 0 Å². The molecule has 6 nitrogen and oxygen atoms in total. The molecular weight excluding hydrogens is 474 g/mol. The van der Waals surface area contributed by atoms with E-state index in [9.17, 15) is 22.4 Å². The van der Waals surface area contributed by atoms with Gasteiger partial charge >= 0.3 is 6.18 Å². The van der Waals surface area contributed by atoms with E-state index in [-0.39, 0.29) is 29.6 Å². The number of hydrogen-bond acceptors (Lipinski definition) is 5. The molecule has 1 aromatic carbocycles. The molecule has 2 atom stereocenters. The van der Waals surface area contributed by atoms with Crippen LogP contribution in [0.25, 0.3) is 5.57 Å². The van der Waals surface area contributed by atoms with Gasteiger partial charge in [-0.05, 0) is 36.1 Å². The van der Waals surface area contributed by atoms with Gasteiger partial charge in [-0.1, -0.05) is 23.7 Å². The largest absolute Gasteiger partial charge is 0.417 e. The molecule has 1 amide bonds. The van der Waals surface area contributed by atoms with Gasteiger partial charge in [0.05, 0.1) is 41.6 Å². The number of anilines is 1. The second-order valence-corrected chi connectivity index (χ2v) is 9.26. The van der Waals surface area contributed by atoms with E-state index in [0.717, 1.165) is 30.5 Å². The van der Waals surface area contributed by atoms with Gasteiger partial charge in [0.1, 0.15) is 0 Å². The van der Waals surface area contributed by atoms with Crippen LogP contribution in [0, 0.1) is 5.82 Å². The van der Waals surface area contributed by atoms with E-state index in [1.807, 2.05) is 20.8 Å². The summed E-state index contributed by atoms with van der Waals surface area (Å²) in [7, 11) is 0. The molecular formula is C23H22ClF4N5O. The highest BCUT2D eigenvalue weighted by atomic mass is 35.5. The summed E-state index contributed by atoms with van der Waals surface area (Å²) in [4.78, 5) is 27.0. The number of aromatic nitrogens is 2. The van der Waals surface area contributed by atoms with Crippen LogP contribution in [0.2, 0.25) is 5.02 Å². The number of benzene rings is 1. The highest BCUT2D eigenvalue weighted by Gasteiger charge is 2.46. The normalized spacial score (nSPS) is 22.9. The third-order valence-electron chi connectivity index (χ3n) is 6.72. The van der Waals surface area contributed by atoms with E-state index in [4.69, 9.17) is 11.6 Å². The second-order valence-electron chi connectivity index (χ2n) is 8.85. The van der Waals surface area contributed by atoms with Crippen LogP contribution in [0.4, 0.5) is 23.5 Å². The summed E-state index contributed by atoms with van der Waals surface area (Å²) in [6.45, 7) is 2.52. The molecule has 0 aliphatic carbocycles. The van der Waals surface area contributed by atoms with Crippen molar-refractivity contribution in [3.8, 4) is 0 Å². The van der Waals surface area contributed by atoms with E-state index >= 15 is 0 Å². The lowest BCUT2D eigenvalue weighted by Crippen LogP contribution is -2.52. The van der Waals surface area contributed by atoms with Crippen LogP contribution < -0.4 is 4.90 Å². The fraction of sp³-hybridized carbons (Fsp3) is 0.435. The lowest BCUT2D eigenvalue weighted by Gasteiger charge is -2.35. The Bertz CT molecular complexity index is 1120. The van der Waals surface area contributed by atoms with Crippen LogP contribution in [0.1, 0.15) is 24.0 Å². The van der Waals surface area contributed by atoms with Gasteiger partial charge in [0.2, 0.25) is 11.9 Å². The van der Waals surface area contributed by atoms with Crippen LogP contribution in [0.15, 0.2) is 36.7 Å². The highest BCUT2D eigenvalue weighted by molar-refractivity contribution is 6.31. The zero-order valence-electron chi connectivity index (χ0n) is 18.1. The molecule has 0 saturated carbocycles. The van der Waals surface area contributed by atoms with Crippen LogP contribution in [-0.2, 0) is 11.0 Å². The molecule has 2 bridgehead atoms. The monoisotopic (exact) mass is 495 g/mol. The zero-order valence-corrected chi connectivity index (χ0v) is 18.9. The summed E-state index contributed by atoms with van der Waals surface area (Å²) >= 11 is 5.72. The first kappa shape index (κ1) is 23.0. The van der Waals surface area contributed by atoms with Crippen LogP contribution >= 0.6 is 11.6 Å². The minimum Gasteiger partial charge on any atom is -0.335 e. The number of nitrogens with zero attached hydrogens (tertiary/aromatic N) is 5. The first-order valence-electron chi connectivity index (χ1n) is 11.0. The van der Waals surface area contributed by atoms with Gasteiger partial charge in [-0.25, -0.2) is 14.4 Å². The minimum absolute atomic E-state index is 0.0369. The van der Waals surface area contributed by atoms with Gasteiger partial charge in [-0.2, -0.15) is 13.2 Å². The first-order valence-corrected chi connectivity index (χ1v) is 11.4. The quantitative estimate of drug-likeness (QED) is 0.603. The maximum absolute atomic E-state index is 13.2. The Hall–Kier alpha value is -2.72. The minimum atomic E-state index is -4.51. The van der Waals surface area contributed by atoms with Gasteiger partial charge in [0, 0.05) is 26.2 Å². The van der Waals surface area contributed by atoms with Gasteiger partial charge in [-0.3, -0.25) is 9.69 Å². The number of rotatable bonds is 4. The number of halogens is 5. The molecule has 3 aliphatic heterocycles. The van der Waals surface area contributed by atoms with Gasteiger partial charge < -0.3 is 9.80 Å². The molecule has 180 valence electrons. The second kappa shape index (κ2) is 8.81. The van der Waals surface area contributed by atoms with Crippen molar-refractivity contribution in [2.45, 2.75) is 31.1 Å². The number of carbonyl (C=O) groups is 1. The summed E-state index contributed by atoms with van der Waals surface area (Å²) in [5, 5.41) is -0.315. The molecule has 34 heavy (non-hydrogen) atoms. The van der Waals surface area contributed by atoms with Crippen molar-refractivity contribution in [1.82, 2.24) is 19.8 Å². The lowest BCUT2D eigenvalue weighted by molar-refractivity contribution is -0.137. The molecule has 1 aromatic heterocycles. The predicted molar refractivity (Wildman–Crippen MR) is 119 cm³/mol. The highest BCUT2D eigenvalue weighted by Crippen LogP contribution is 2.37. The van der Waals surface area contributed by atoms with E-state index < -0.39 is 17.6 Å². The molecule has 2 unspecified atom stereocenters. The van der Waals surface area contributed by atoms with Gasteiger partial charge in [0.15, 0.2) is 5.82 Å². The summed E-state index contributed by atoms with van der Waals surface area (Å²) < 4.78 is 52.6. The Labute approximate surface area is 198 Å². The molecule has 0 N–H and O–H groups in total. The molecule has 11 heteroatoms. The van der Waals surface area contributed by atoms with Crippen molar-refractivity contribution in [3.05, 3.63) is 58.6 Å². The summed E-state index contributed by atoms with van der Waals surface area (Å²) in [5.41, 5.74) is 0.484. The number of hydrogen-bond donors (Lipinski definition) is 0. The van der Waals surface area contributed by atoms with E-state index in [1.54, 1.807) is 6.07 Å². The van der Waals surface area contributed by atoms with E-state index in [1.165, 1.54) is 6.07 Å². The molecule has 2 fully saturated rings. The fourth-order valence-corrected chi connectivity index (χ4v) is 5.24. The maximum atomic E-state index is 13.2. The van der Waals surface area contributed by atoms with E-state index in [0.29, 0.717) is 44.1 Å². The Balaban J connectivity index is 1.18. The summed E-state index contributed by atoms with van der Waals surface area (Å²) in [5.74, 6) is 0.0287.